The molecule has 6 nitrogen and oxygen atoms in total. The molecule has 24 heavy (non-hydrogen) atoms. The third-order valence-electron chi connectivity index (χ3n) is 4.14. The number of nitrogens with one attached hydrogen (secondary N) is 1. The van der Waals surface area contributed by atoms with Crippen LogP contribution in [0.25, 0.3) is 0 Å². The lowest BCUT2D eigenvalue weighted by atomic mass is 10.1. The first kappa shape index (κ1) is 18.3. The molecule has 7 heteroatoms. The normalized spacial score (nSPS) is 17.5. The van der Waals surface area contributed by atoms with E-state index in [1.165, 1.54) is 23.1 Å². The highest BCUT2D eigenvalue weighted by Crippen LogP contribution is 2.17. The van der Waals surface area contributed by atoms with Gasteiger partial charge in [0.15, 0.2) is 0 Å². The fourth-order valence-corrected chi connectivity index (χ4v) is 3.48. The average Bonchev–Trinajstić information content (AvgIpc) is 2.74. The third kappa shape index (κ3) is 4.29. The minimum absolute atomic E-state index is 0.00781. The molecule has 0 spiro atoms. The van der Waals surface area contributed by atoms with Crippen LogP contribution in [0.4, 0.5) is 4.79 Å². The van der Waals surface area contributed by atoms with Gasteiger partial charge in [-0.3, -0.25) is 14.5 Å². The minimum atomic E-state index is -0.692. The van der Waals surface area contributed by atoms with Crippen molar-refractivity contribution in [2.75, 3.05) is 26.4 Å². The quantitative estimate of drug-likeness (QED) is 0.600. The van der Waals surface area contributed by atoms with Crippen molar-refractivity contribution in [1.82, 2.24) is 15.1 Å². The molecule has 1 fully saturated rings. The lowest BCUT2D eigenvalue weighted by Crippen LogP contribution is -2.38. The number of carbonyl (C=O) groups excluding carboxylic acids is 3. The Kier molecular flexibility index (Phi) is 6.25. The molecule has 130 valence electrons. The first-order valence-electron chi connectivity index (χ1n) is 7.85. The van der Waals surface area contributed by atoms with E-state index in [1.807, 2.05) is 12.1 Å². The van der Waals surface area contributed by atoms with Crippen LogP contribution < -0.4 is 5.32 Å². The molecule has 1 aromatic carbocycles. The number of benzene rings is 1. The molecule has 1 atom stereocenters. The van der Waals surface area contributed by atoms with Crippen LogP contribution in [-0.4, -0.2) is 60.1 Å². The third-order valence-corrected chi connectivity index (χ3v) is 5.15. The zero-order valence-electron chi connectivity index (χ0n) is 14.2. The maximum Gasteiger partial charge on any atom is 0.326 e. The number of amides is 4. The Morgan fingerprint density at radius 2 is 1.96 bits per heavy atom. The van der Waals surface area contributed by atoms with Crippen molar-refractivity contribution in [3.63, 3.8) is 0 Å². The maximum absolute atomic E-state index is 12.0. The van der Waals surface area contributed by atoms with E-state index in [-0.39, 0.29) is 24.3 Å². The van der Waals surface area contributed by atoms with Crippen molar-refractivity contribution in [2.45, 2.75) is 25.1 Å². The van der Waals surface area contributed by atoms with E-state index < -0.39 is 6.04 Å². The summed E-state index contributed by atoms with van der Waals surface area (Å²) in [6.07, 6.45) is 0.00781. The molecule has 0 radical (unpaired) electrons. The second kappa shape index (κ2) is 8.19. The smallest absolute Gasteiger partial charge is 0.326 e. The number of thioether (sulfide) groups is 1. The molecule has 1 aliphatic heterocycles. The highest BCUT2D eigenvalue weighted by atomic mass is 32.2. The van der Waals surface area contributed by atoms with Crippen molar-refractivity contribution in [3.8, 4) is 0 Å². The molecule has 1 heterocycles. The molecule has 0 bridgehead atoms. The van der Waals surface area contributed by atoms with E-state index >= 15 is 0 Å². The Morgan fingerprint density at radius 3 is 2.58 bits per heavy atom. The Morgan fingerprint density at radius 1 is 1.25 bits per heavy atom. The molecule has 1 saturated heterocycles. The molecule has 2 rings (SSSR count). The van der Waals surface area contributed by atoms with E-state index in [1.54, 1.807) is 18.8 Å². The van der Waals surface area contributed by atoms with Crippen molar-refractivity contribution in [2.24, 2.45) is 0 Å². The summed E-state index contributed by atoms with van der Waals surface area (Å²) in [5.74, 6) is 1.17. The van der Waals surface area contributed by atoms with Crippen LogP contribution in [0.3, 0.4) is 0 Å². The topological polar surface area (TPSA) is 69.7 Å². The minimum Gasteiger partial charge on any atom is -0.355 e. The van der Waals surface area contributed by atoms with E-state index in [9.17, 15) is 14.4 Å². The first-order chi connectivity index (χ1) is 11.4. The Bertz CT molecular complexity index is 635. The summed E-state index contributed by atoms with van der Waals surface area (Å²) < 4.78 is 0. The number of carbonyl (C=O) groups is 3. The van der Waals surface area contributed by atoms with E-state index in [0.29, 0.717) is 6.54 Å². The molecule has 1 aliphatic rings. The summed E-state index contributed by atoms with van der Waals surface area (Å²) in [5.41, 5.74) is 2.57. The predicted octanol–water partition coefficient (Wildman–Crippen LogP) is 1.63. The van der Waals surface area contributed by atoms with Crippen molar-refractivity contribution >= 4 is 29.6 Å². The molecule has 0 saturated carbocycles. The number of likely N-dealkylation sites (N-methyl/N-ethyl adjacent to an activating group) is 2. The van der Waals surface area contributed by atoms with Gasteiger partial charge in [0, 0.05) is 32.1 Å². The van der Waals surface area contributed by atoms with Crippen LogP contribution in [-0.2, 0) is 15.3 Å². The van der Waals surface area contributed by atoms with E-state index in [2.05, 4.69) is 24.4 Å². The maximum atomic E-state index is 12.0. The number of nitrogens with zero attached hydrogens (tertiary/aromatic N) is 2. The SMILES string of the molecule is Cc1ccccc1CSCCNC(=O)CC1C(=O)N(C)C(=O)N1C. The van der Waals surface area contributed by atoms with Gasteiger partial charge in [-0.2, -0.15) is 11.8 Å². The van der Waals surface area contributed by atoms with Gasteiger partial charge in [-0.05, 0) is 18.1 Å². The van der Waals surface area contributed by atoms with Gasteiger partial charge >= 0.3 is 6.03 Å². The highest BCUT2D eigenvalue weighted by Gasteiger charge is 2.41. The van der Waals surface area contributed by atoms with Crippen LogP contribution in [0.1, 0.15) is 17.5 Å². The summed E-state index contributed by atoms with van der Waals surface area (Å²) in [6.45, 7) is 2.63. The summed E-state index contributed by atoms with van der Waals surface area (Å²) in [6, 6.07) is 7.18. The Hall–Kier alpha value is -2.02. The lowest BCUT2D eigenvalue weighted by Gasteiger charge is -2.15. The van der Waals surface area contributed by atoms with Crippen LogP contribution >= 0.6 is 11.8 Å². The second-order valence-electron chi connectivity index (χ2n) is 5.84. The van der Waals surface area contributed by atoms with Crippen LogP contribution in [0.5, 0.6) is 0 Å². The summed E-state index contributed by atoms with van der Waals surface area (Å²) in [7, 11) is 2.97. The van der Waals surface area contributed by atoms with Crippen molar-refractivity contribution < 1.29 is 14.4 Å². The average molecular weight is 349 g/mol. The standard InChI is InChI=1S/C17H23N3O3S/c1-12-6-4-5-7-13(12)11-24-9-8-18-15(21)10-14-16(22)20(3)17(23)19(14)2/h4-7,14H,8-11H2,1-3H3,(H,18,21). The van der Waals surface area contributed by atoms with Gasteiger partial charge in [-0.25, -0.2) is 4.79 Å². The zero-order valence-corrected chi connectivity index (χ0v) is 15.1. The second-order valence-corrected chi connectivity index (χ2v) is 6.94. The fourth-order valence-electron chi connectivity index (χ4n) is 2.54. The molecular weight excluding hydrogens is 326 g/mol. The molecule has 1 aromatic rings. The highest BCUT2D eigenvalue weighted by molar-refractivity contribution is 7.98. The number of imide groups is 1. The van der Waals surface area contributed by atoms with Gasteiger partial charge in [0.25, 0.3) is 5.91 Å². The van der Waals surface area contributed by atoms with Gasteiger partial charge in [-0.15, -0.1) is 0 Å². The molecule has 0 aromatic heterocycles. The molecule has 0 aliphatic carbocycles. The summed E-state index contributed by atoms with van der Waals surface area (Å²) in [5, 5.41) is 2.81. The molecule has 1 N–H and O–H groups in total. The number of aryl methyl sites for hydroxylation is 1. The van der Waals surface area contributed by atoms with Gasteiger partial charge in [0.1, 0.15) is 6.04 Å². The van der Waals surface area contributed by atoms with Gasteiger partial charge < -0.3 is 10.2 Å². The van der Waals surface area contributed by atoms with E-state index in [0.717, 1.165) is 16.4 Å². The monoisotopic (exact) mass is 349 g/mol. The largest absolute Gasteiger partial charge is 0.355 e. The lowest BCUT2D eigenvalue weighted by molar-refractivity contribution is -0.131. The number of urea groups is 1. The Labute approximate surface area is 146 Å². The predicted molar refractivity (Wildman–Crippen MR) is 94.7 cm³/mol. The number of rotatable bonds is 7. The Balaban J connectivity index is 1.68. The van der Waals surface area contributed by atoms with Crippen LogP contribution in [0, 0.1) is 6.92 Å². The number of hydrogen-bond donors (Lipinski definition) is 1. The van der Waals surface area contributed by atoms with Gasteiger partial charge in [-0.1, -0.05) is 24.3 Å². The van der Waals surface area contributed by atoms with Crippen molar-refractivity contribution in [3.05, 3.63) is 35.4 Å². The van der Waals surface area contributed by atoms with Crippen molar-refractivity contribution in [1.29, 1.82) is 0 Å². The molecular formula is C17H23N3O3S. The molecule has 4 amide bonds. The van der Waals surface area contributed by atoms with Gasteiger partial charge in [0.2, 0.25) is 5.91 Å². The van der Waals surface area contributed by atoms with E-state index in [4.69, 9.17) is 0 Å². The molecule has 1 unspecified atom stereocenters. The fraction of sp³-hybridized carbons (Fsp3) is 0.471. The summed E-state index contributed by atoms with van der Waals surface area (Å²) in [4.78, 5) is 37.9. The van der Waals surface area contributed by atoms with Gasteiger partial charge in [0.05, 0.1) is 6.42 Å². The van der Waals surface area contributed by atoms with Crippen LogP contribution in [0.2, 0.25) is 0 Å². The van der Waals surface area contributed by atoms with Crippen LogP contribution in [0.15, 0.2) is 24.3 Å². The first-order valence-corrected chi connectivity index (χ1v) is 9.00. The zero-order chi connectivity index (χ0) is 17.7. The summed E-state index contributed by atoms with van der Waals surface area (Å²) >= 11 is 1.75. The number of hydrogen-bond acceptors (Lipinski definition) is 4.